The van der Waals surface area contributed by atoms with Crippen LogP contribution in [0.1, 0.15) is 45.1 Å². The number of piperidine rings is 1. The number of hydrogen-bond donors (Lipinski definition) is 2. The van der Waals surface area contributed by atoms with Gasteiger partial charge in [0.25, 0.3) is 0 Å². The summed E-state index contributed by atoms with van der Waals surface area (Å²) in [6.45, 7) is 5.97. The third-order valence-corrected chi connectivity index (χ3v) is 4.60. The minimum atomic E-state index is -0.822. The Bertz CT molecular complexity index is 575. The lowest BCUT2D eigenvalue weighted by atomic mass is 9.95. The summed E-state index contributed by atoms with van der Waals surface area (Å²) in [5.41, 5.74) is 5.99. The minimum absolute atomic E-state index is 0. The maximum atomic E-state index is 13.3. The van der Waals surface area contributed by atoms with Crippen molar-refractivity contribution in [1.82, 2.24) is 10.2 Å². The van der Waals surface area contributed by atoms with Gasteiger partial charge in [-0.3, -0.25) is 9.69 Å². The topological polar surface area (TPSA) is 58.4 Å². The standard InChI is InChI=1S/C18H27F2N3O.ClH/c1-3-8-18(2,21)17(24)22-14-6-9-23(10-7-14)12-13-4-5-15(19)16(20)11-13;/h4-5,11,14H,3,6-10,12,21H2,1-2H3,(H,22,24);1H. The highest BCUT2D eigenvalue weighted by atomic mass is 35.5. The number of nitrogens with one attached hydrogen (secondary N) is 1. The van der Waals surface area contributed by atoms with Crippen molar-refractivity contribution in [2.24, 2.45) is 5.73 Å². The van der Waals surface area contributed by atoms with Gasteiger partial charge in [-0.05, 0) is 43.9 Å². The summed E-state index contributed by atoms with van der Waals surface area (Å²) in [6.07, 6.45) is 3.19. The number of carbonyl (C=O) groups excluding carboxylic acids is 1. The lowest BCUT2D eigenvalue weighted by Gasteiger charge is -2.34. The molecular formula is C18H28ClF2N3O. The molecule has 4 nitrogen and oxygen atoms in total. The van der Waals surface area contributed by atoms with Crippen molar-refractivity contribution in [2.45, 2.75) is 57.7 Å². The number of benzene rings is 1. The van der Waals surface area contributed by atoms with E-state index in [1.165, 1.54) is 6.07 Å². The van der Waals surface area contributed by atoms with Gasteiger partial charge in [-0.1, -0.05) is 19.4 Å². The molecule has 2 rings (SSSR count). The first kappa shape index (κ1) is 21.8. The van der Waals surface area contributed by atoms with Crippen molar-refractivity contribution in [3.8, 4) is 0 Å². The van der Waals surface area contributed by atoms with Crippen molar-refractivity contribution in [3.63, 3.8) is 0 Å². The van der Waals surface area contributed by atoms with Gasteiger partial charge in [0.2, 0.25) is 5.91 Å². The third-order valence-electron chi connectivity index (χ3n) is 4.60. The molecule has 7 heteroatoms. The van der Waals surface area contributed by atoms with Crippen molar-refractivity contribution in [2.75, 3.05) is 13.1 Å². The van der Waals surface area contributed by atoms with Crippen LogP contribution in [0.3, 0.4) is 0 Å². The third kappa shape index (κ3) is 6.20. The number of nitrogens with two attached hydrogens (primary N) is 1. The smallest absolute Gasteiger partial charge is 0.240 e. The molecule has 1 aromatic rings. The normalized spacial score (nSPS) is 18.3. The summed E-state index contributed by atoms with van der Waals surface area (Å²) in [5, 5.41) is 3.04. The van der Waals surface area contributed by atoms with Crippen LogP contribution in [0.25, 0.3) is 0 Å². The molecule has 0 radical (unpaired) electrons. The summed E-state index contributed by atoms with van der Waals surface area (Å²) >= 11 is 0. The van der Waals surface area contributed by atoms with Gasteiger partial charge in [0.05, 0.1) is 5.54 Å². The first-order valence-corrected chi connectivity index (χ1v) is 8.58. The Morgan fingerprint density at radius 1 is 1.32 bits per heavy atom. The van der Waals surface area contributed by atoms with Crippen LogP contribution in [-0.4, -0.2) is 35.5 Å². The summed E-state index contributed by atoms with van der Waals surface area (Å²) < 4.78 is 26.2. The van der Waals surface area contributed by atoms with Crippen LogP contribution >= 0.6 is 12.4 Å². The molecule has 1 atom stereocenters. The fourth-order valence-corrected chi connectivity index (χ4v) is 3.11. The number of halogens is 3. The van der Waals surface area contributed by atoms with Crippen molar-refractivity contribution in [1.29, 1.82) is 0 Å². The van der Waals surface area contributed by atoms with Gasteiger partial charge < -0.3 is 11.1 Å². The quantitative estimate of drug-likeness (QED) is 0.803. The van der Waals surface area contributed by atoms with Gasteiger partial charge in [0.1, 0.15) is 0 Å². The van der Waals surface area contributed by atoms with Gasteiger partial charge >= 0.3 is 0 Å². The van der Waals surface area contributed by atoms with Gasteiger partial charge in [-0.2, -0.15) is 0 Å². The number of nitrogens with zero attached hydrogens (tertiary/aromatic N) is 1. The van der Waals surface area contributed by atoms with Gasteiger partial charge in [-0.15, -0.1) is 12.4 Å². The lowest BCUT2D eigenvalue weighted by molar-refractivity contribution is -0.127. The first-order valence-electron chi connectivity index (χ1n) is 8.58. The monoisotopic (exact) mass is 375 g/mol. The van der Waals surface area contributed by atoms with E-state index in [0.717, 1.165) is 44.0 Å². The zero-order valence-corrected chi connectivity index (χ0v) is 15.7. The van der Waals surface area contributed by atoms with Crippen molar-refractivity contribution >= 4 is 18.3 Å². The van der Waals surface area contributed by atoms with Gasteiger partial charge in [0.15, 0.2) is 11.6 Å². The van der Waals surface area contributed by atoms with Gasteiger partial charge in [-0.25, -0.2) is 8.78 Å². The van der Waals surface area contributed by atoms with Crippen LogP contribution in [0.4, 0.5) is 8.78 Å². The van der Waals surface area contributed by atoms with E-state index in [-0.39, 0.29) is 24.4 Å². The zero-order chi connectivity index (χ0) is 17.7. The molecule has 1 heterocycles. The van der Waals surface area contributed by atoms with Crippen molar-refractivity contribution < 1.29 is 13.6 Å². The molecule has 1 aliphatic rings. The van der Waals surface area contributed by atoms with E-state index in [9.17, 15) is 13.6 Å². The van der Waals surface area contributed by atoms with Crippen LogP contribution in [0.5, 0.6) is 0 Å². The predicted molar refractivity (Wildman–Crippen MR) is 97.5 cm³/mol. The van der Waals surface area contributed by atoms with E-state index in [0.29, 0.717) is 13.0 Å². The Hall–Kier alpha value is -1.24. The Labute approximate surface area is 154 Å². The van der Waals surface area contributed by atoms with Crippen molar-refractivity contribution in [3.05, 3.63) is 35.4 Å². The minimum Gasteiger partial charge on any atom is -0.352 e. The van der Waals surface area contributed by atoms with E-state index < -0.39 is 17.2 Å². The summed E-state index contributed by atoms with van der Waals surface area (Å²) in [7, 11) is 0. The number of carbonyl (C=O) groups is 1. The first-order chi connectivity index (χ1) is 11.3. The molecule has 0 spiro atoms. The fraction of sp³-hybridized carbons (Fsp3) is 0.611. The highest BCUT2D eigenvalue weighted by molar-refractivity contribution is 5.86. The molecule has 1 fully saturated rings. The van der Waals surface area contributed by atoms with Crippen LogP contribution in [0.2, 0.25) is 0 Å². The second-order valence-electron chi connectivity index (χ2n) is 6.94. The van der Waals surface area contributed by atoms with E-state index in [4.69, 9.17) is 5.73 Å². The average Bonchev–Trinajstić information content (AvgIpc) is 2.53. The SMILES string of the molecule is CCCC(C)(N)C(=O)NC1CCN(Cc2ccc(F)c(F)c2)CC1.Cl. The molecule has 1 aliphatic heterocycles. The molecular weight excluding hydrogens is 348 g/mol. The Balaban J connectivity index is 0.00000312. The van der Waals surface area contributed by atoms with Crippen LogP contribution in [0.15, 0.2) is 18.2 Å². The molecule has 1 aromatic carbocycles. The second kappa shape index (κ2) is 9.46. The zero-order valence-electron chi connectivity index (χ0n) is 14.9. The predicted octanol–water partition coefficient (Wildman–Crippen LogP) is 2.98. The average molecular weight is 376 g/mol. The molecule has 0 bridgehead atoms. The highest BCUT2D eigenvalue weighted by Gasteiger charge is 2.30. The lowest BCUT2D eigenvalue weighted by Crippen LogP contribution is -2.55. The van der Waals surface area contributed by atoms with Crippen LogP contribution < -0.4 is 11.1 Å². The van der Waals surface area contributed by atoms with E-state index in [1.807, 2.05) is 6.92 Å². The Kier molecular flexibility index (Phi) is 8.25. The van der Waals surface area contributed by atoms with E-state index in [1.54, 1.807) is 13.0 Å². The van der Waals surface area contributed by atoms with E-state index >= 15 is 0 Å². The maximum Gasteiger partial charge on any atom is 0.240 e. The van der Waals surface area contributed by atoms with Gasteiger partial charge in [0, 0.05) is 25.7 Å². The fourth-order valence-electron chi connectivity index (χ4n) is 3.11. The summed E-state index contributed by atoms with van der Waals surface area (Å²) in [6, 6.07) is 4.14. The molecule has 1 unspecified atom stereocenters. The maximum absolute atomic E-state index is 13.3. The van der Waals surface area contributed by atoms with Crippen LogP contribution in [-0.2, 0) is 11.3 Å². The molecule has 1 saturated heterocycles. The summed E-state index contributed by atoms with van der Waals surface area (Å²) in [5.74, 6) is -1.73. The molecule has 1 amide bonds. The number of likely N-dealkylation sites (tertiary alicyclic amines) is 1. The molecule has 3 N–H and O–H groups in total. The summed E-state index contributed by atoms with van der Waals surface area (Å²) in [4.78, 5) is 14.4. The molecule has 0 aromatic heterocycles. The molecule has 0 saturated carbocycles. The van der Waals surface area contributed by atoms with Crippen LogP contribution in [0, 0.1) is 11.6 Å². The molecule has 0 aliphatic carbocycles. The highest BCUT2D eigenvalue weighted by Crippen LogP contribution is 2.17. The largest absolute Gasteiger partial charge is 0.352 e. The van der Waals surface area contributed by atoms with E-state index in [2.05, 4.69) is 10.2 Å². The Morgan fingerprint density at radius 2 is 1.96 bits per heavy atom. The molecule has 142 valence electrons. The second-order valence-corrected chi connectivity index (χ2v) is 6.94. The number of rotatable bonds is 6. The number of hydrogen-bond acceptors (Lipinski definition) is 3. The molecule has 25 heavy (non-hydrogen) atoms. The number of amides is 1. The Morgan fingerprint density at radius 3 is 2.52 bits per heavy atom.